The molecular weight excluding hydrogens is 384 g/mol. The third-order valence-electron chi connectivity index (χ3n) is 5.17. The first-order valence-corrected chi connectivity index (χ1v) is 10.2. The second kappa shape index (κ2) is 7.36. The summed E-state index contributed by atoms with van der Waals surface area (Å²) in [5, 5.41) is 8.72. The number of thioether (sulfide) groups is 1. The molecule has 0 unspecified atom stereocenters. The number of nitrogens with zero attached hydrogens (tertiary/aromatic N) is 5. The number of pyridine rings is 1. The van der Waals surface area contributed by atoms with Gasteiger partial charge in [-0.05, 0) is 23.8 Å². The number of fused-ring (bicyclic) bond motifs is 1. The number of carbonyl (C=O) groups is 1. The second-order valence-electron chi connectivity index (χ2n) is 7.40. The molecule has 1 aliphatic heterocycles. The Hall–Kier alpha value is -3.13. The molecule has 0 fully saturated rings. The van der Waals surface area contributed by atoms with Gasteiger partial charge in [0.05, 0.1) is 5.75 Å². The van der Waals surface area contributed by atoms with Crippen molar-refractivity contribution in [1.29, 1.82) is 0 Å². The Morgan fingerprint density at radius 2 is 2.00 bits per heavy atom. The molecular formula is C21H22N6OS. The fraction of sp³-hybridized carbons (Fsp3) is 0.238. The highest BCUT2D eigenvalue weighted by atomic mass is 32.2. The normalized spacial score (nSPS) is 16.2. The maximum Gasteiger partial charge on any atom is 0.210 e. The van der Waals surface area contributed by atoms with Crippen molar-refractivity contribution in [2.75, 3.05) is 23.5 Å². The van der Waals surface area contributed by atoms with Crippen LogP contribution in [0.2, 0.25) is 0 Å². The average Bonchev–Trinajstić information content (AvgIpc) is 3.18. The molecule has 0 bridgehead atoms. The standard InChI is InChI=1S/C21H22N6OS/c1-21(2)16-8-4-5-9-17(16)26(3)18(21)11-15(28)13-29-20-25-24-19(27(20)22)14-7-6-10-23-12-14/h4-12H,13,22H2,1-3H3/b18-11-. The van der Waals surface area contributed by atoms with E-state index in [9.17, 15) is 4.79 Å². The van der Waals surface area contributed by atoms with Gasteiger partial charge in [-0.2, -0.15) is 0 Å². The Kier molecular flexibility index (Phi) is 4.87. The van der Waals surface area contributed by atoms with E-state index in [2.05, 4.69) is 46.1 Å². The molecule has 1 aromatic carbocycles. The average molecular weight is 407 g/mol. The van der Waals surface area contributed by atoms with E-state index in [1.54, 1.807) is 18.5 Å². The zero-order chi connectivity index (χ0) is 20.6. The molecule has 0 saturated heterocycles. The molecule has 8 heteroatoms. The van der Waals surface area contributed by atoms with E-state index in [0.29, 0.717) is 11.0 Å². The van der Waals surface area contributed by atoms with Gasteiger partial charge in [0.2, 0.25) is 5.16 Å². The molecule has 0 saturated carbocycles. The van der Waals surface area contributed by atoms with E-state index in [1.807, 2.05) is 31.3 Å². The lowest BCUT2D eigenvalue weighted by atomic mass is 9.83. The molecule has 0 spiro atoms. The summed E-state index contributed by atoms with van der Waals surface area (Å²) in [5.41, 5.74) is 3.88. The summed E-state index contributed by atoms with van der Waals surface area (Å²) in [6.07, 6.45) is 5.09. The summed E-state index contributed by atoms with van der Waals surface area (Å²) in [5.74, 6) is 6.86. The maximum absolute atomic E-state index is 12.7. The van der Waals surface area contributed by atoms with Crippen molar-refractivity contribution in [1.82, 2.24) is 19.9 Å². The van der Waals surface area contributed by atoms with Crippen LogP contribution < -0.4 is 10.7 Å². The molecule has 29 heavy (non-hydrogen) atoms. The van der Waals surface area contributed by atoms with Crippen molar-refractivity contribution < 1.29 is 4.79 Å². The SMILES string of the molecule is CN1/C(=C\C(=O)CSc2nnc(-c3cccnc3)n2N)C(C)(C)c2ccccc21. The molecule has 4 rings (SSSR count). The van der Waals surface area contributed by atoms with Gasteiger partial charge in [0, 0.05) is 47.9 Å². The number of hydrogen-bond acceptors (Lipinski definition) is 7. The molecule has 2 N–H and O–H groups in total. The number of benzene rings is 1. The molecule has 0 radical (unpaired) electrons. The summed E-state index contributed by atoms with van der Waals surface area (Å²) < 4.78 is 1.39. The van der Waals surface area contributed by atoms with E-state index < -0.39 is 0 Å². The van der Waals surface area contributed by atoms with Crippen molar-refractivity contribution in [3.05, 3.63) is 66.1 Å². The van der Waals surface area contributed by atoms with Crippen LogP contribution in [-0.4, -0.2) is 38.4 Å². The summed E-state index contributed by atoms with van der Waals surface area (Å²) in [6.45, 7) is 4.27. The van der Waals surface area contributed by atoms with Crippen LogP contribution in [0.3, 0.4) is 0 Å². The number of rotatable bonds is 5. The van der Waals surface area contributed by atoms with Gasteiger partial charge in [-0.3, -0.25) is 9.78 Å². The van der Waals surface area contributed by atoms with E-state index >= 15 is 0 Å². The third kappa shape index (κ3) is 3.40. The zero-order valence-corrected chi connectivity index (χ0v) is 17.3. The first-order valence-electron chi connectivity index (χ1n) is 9.21. The van der Waals surface area contributed by atoms with Gasteiger partial charge in [0.1, 0.15) is 0 Å². The molecule has 0 aliphatic carbocycles. The van der Waals surface area contributed by atoms with Gasteiger partial charge >= 0.3 is 0 Å². The van der Waals surface area contributed by atoms with Crippen LogP contribution in [0.15, 0.2) is 65.7 Å². The number of carbonyl (C=O) groups excluding carboxylic acids is 1. The molecule has 148 valence electrons. The molecule has 1 aliphatic rings. The van der Waals surface area contributed by atoms with Gasteiger partial charge < -0.3 is 10.7 Å². The Labute approximate surface area is 173 Å². The van der Waals surface area contributed by atoms with E-state index in [-0.39, 0.29) is 17.0 Å². The van der Waals surface area contributed by atoms with E-state index in [0.717, 1.165) is 16.9 Å². The van der Waals surface area contributed by atoms with Gasteiger partial charge in [-0.15, -0.1) is 10.2 Å². The lowest BCUT2D eigenvalue weighted by Gasteiger charge is -2.23. The Balaban J connectivity index is 1.50. The monoisotopic (exact) mass is 406 g/mol. The Morgan fingerprint density at radius 3 is 2.72 bits per heavy atom. The van der Waals surface area contributed by atoms with Crippen molar-refractivity contribution in [3.63, 3.8) is 0 Å². The van der Waals surface area contributed by atoms with Crippen LogP contribution >= 0.6 is 11.8 Å². The summed E-state index contributed by atoms with van der Waals surface area (Å²) in [4.78, 5) is 18.9. The van der Waals surface area contributed by atoms with Crippen molar-refractivity contribution >= 4 is 23.2 Å². The van der Waals surface area contributed by atoms with E-state index in [1.165, 1.54) is 22.0 Å². The molecule has 3 aromatic rings. The van der Waals surface area contributed by atoms with E-state index in [4.69, 9.17) is 5.84 Å². The summed E-state index contributed by atoms with van der Waals surface area (Å²) in [7, 11) is 2.00. The molecule has 0 amide bonds. The number of ketones is 1. The minimum absolute atomic E-state index is 0.00339. The number of nitrogens with two attached hydrogens (primary N) is 1. The smallest absolute Gasteiger partial charge is 0.210 e. The fourth-order valence-electron chi connectivity index (χ4n) is 3.66. The number of para-hydroxylation sites is 1. The summed E-state index contributed by atoms with van der Waals surface area (Å²) >= 11 is 1.27. The third-order valence-corrected chi connectivity index (χ3v) is 6.13. The molecule has 7 nitrogen and oxygen atoms in total. The highest BCUT2D eigenvalue weighted by molar-refractivity contribution is 7.99. The first-order chi connectivity index (χ1) is 13.9. The minimum Gasteiger partial charge on any atom is -0.347 e. The lowest BCUT2D eigenvalue weighted by Crippen LogP contribution is -2.24. The first kappa shape index (κ1) is 19.2. The Bertz CT molecular complexity index is 1090. The Morgan fingerprint density at radius 1 is 1.21 bits per heavy atom. The largest absolute Gasteiger partial charge is 0.347 e. The van der Waals surface area contributed by atoms with Crippen LogP contribution in [0.1, 0.15) is 19.4 Å². The fourth-order valence-corrected chi connectivity index (χ4v) is 4.33. The zero-order valence-electron chi connectivity index (χ0n) is 16.5. The highest BCUT2D eigenvalue weighted by Gasteiger charge is 2.38. The number of hydrogen-bond donors (Lipinski definition) is 1. The molecule has 3 heterocycles. The number of allylic oxidation sites excluding steroid dienone is 2. The van der Waals surface area contributed by atoms with Crippen LogP contribution in [0, 0.1) is 0 Å². The number of likely N-dealkylation sites (N-methyl/N-ethyl adjacent to an activating group) is 1. The van der Waals surface area contributed by atoms with Crippen LogP contribution in [0.4, 0.5) is 5.69 Å². The second-order valence-corrected chi connectivity index (χ2v) is 8.35. The predicted octanol–water partition coefficient (Wildman–Crippen LogP) is 3.03. The topological polar surface area (TPSA) is 89.9 Å². The van der Waals surface area contributed by atoms with Gasteiger partial charge in [-0.25, -0.2) is 4.68 Å². The van der Waals surface area contributed by atoms with Crippen molar-refractivity contribution in [2.45, 2.75) is 24.4 Å². The van der Waals surface area contributed by atoms with Gasteiger partial charge in [0.25, 0.3) is 0 Å². The van der Waals surface area contributed by atoms with Crippen LogP contribution in [0.25, 0.3) is 11.4 Å². The number of aromatic nitrogens is 4. The number of anilines is 1. The van der Waals surface area contributed by atoms with Crippen LogP contribution in [0.5, 0.6) is 0 Å². The quantitative estimate of drug-likeness (QED) is 0.396. The van der Waals surface area contributed by atoms with Crippen molar-refractivity contribution in [3.8, 4) is 11.4 Å². The lowest BCUT2D eigenvalue weighted by molar-refractivity contribution is -0.112. The predicted molar refractivity (Wildman–Crippen MR) is 115 cm³/mol. The van der Waals surface area contributed by atoms with Crippen LogP contribution in [-0.2, 0) is 10.2 Å². The van der Waals surface area contributed by atoms with Crippen molar-refractivity contribution in [2.24, 2.45) is 0 Å². The minimum atomic E-state index is -0.229. The molecule has 0 atom stereocenters. The summed E-state index contributed by atoms with van der Waals surface area (Å²) in [6, 6.07) is 11.9. The van der Waals surface area contributed by atoms with Gasteiger partial charge in [0.15, 0.2) is 11.6 Å². The highest BCUT2D eigenvalue weighted by Crippen LogP contribution is 2.46. The maximum atomic E-state index is 12.7. The molecule has 2 aromatic heterocycles. The number of nitrogen functional groups attached to an aromatic ring is 1. The van der Waals surface area contributed by atoms with Gasteiger partial charge in [-0.1, -0.05) is 43.8 Å².